The van der Waals surface area contributed by atoms with Crippen LogP contribution in [0.25, 0.3) is 104 Å². The standard InChI is InChI=1S/C40H42N6O6.C21H13N3O6.C11H13N3O.C5H10.B.Fe/c1-43(2)24-9-12-32-31(19-24)38(49)42-37(41-32)34-35(47)27-21-29-30(22-28(27)36(34)48)40(51)46(39(29)50)33-20-25(10-11-26(33)23-7-4-5-8-23)52-18-6-13-45-16-14-44(3)15-17-45;1-24(2)8-3-4-14-13(5-8)19(27)23-18(22-14)15-16(25)9-6-11-12(7-10(9)17(15)26)21(29)30-20(11)28;1-7-12-10-5-4-8(14(2)3)6-9(10)11(15)13-7;1-2-4-5-3-1;;/h9-12,19-23,47H,4-8,13-18H2,1-3H3,(H,41,42,49);3-7,25H,1-2H3,(H,22,23,27);4-6H,1-3H3,(H,12,13,15);1-5H2;;/q;;;;-1;. The molecule has 16 rings (SSSR count). The molecule has 0 atom stereocenters. The smallest absolute Gasteiger partial charge is 0.346 e. The Labute approximate surface area is 606 Å². The molecule has 2 aliphatic carbocycles. The monoisotopic (exact) mass is 1450 g/mol. The third-order valence-electron chi connectivity index (χ3n) is 19.7. The number of piperazine rings is 1. The predicted octanol–water partition coefficient (Wildman–Crippen LogP) is 8.17. The zero-order valence-electron chi connectivity index (χ0n) is 59.0. The molecule has 536 valence electrons. The van der Waals surface area contributed by atoms with E-state index in [1.165, 1.54) is 60.9 Å². The van der Waals surface area contributed by atoms with E-state index in [2.05, 4.69) is 51.2 Å². The molecule has 25 nitrogen and oxygen atoms in total. The Balaban J connectivity index is 0.000000173. The number of fused-ring (bicyclic) bond motifs is 7. The maximum absolute atomic E-state index is 14.2. The van der Waals surface area contributed by atoms with Crippen LogP contribution < -0.4 is 69.3 Å². The minimum absolute atomic E-state index is 0. The van der Waals surface area contributed by atoms with Gasteiger partial charge in [0.05, 0.1) is 66.5 Å². The maximum atomic E-state index is 14.2. The molecular formula is C77H78BFeN12O13-. The van der Waals surface area contributed by atoms with Gasteiger partial charge < -0.3 is 67.2 Å². The summed E-state index contributed by atoms with van der Waals surface area (Å²) in [6.07, 6.45) is 12.4. The summed E-state index contributed by atoms with van der Waals surface area (Å²) in [6.45, 7) is 7.42. The van der Waals surface area contributed by atoms with Crippen molar-refractivity contribution in [2.75, 3.05) is 103 Å². The van der Waals surface area contributed by atoms with Gasteiger partial charge in [-0.05, 0) is 130 Å². The van der Waals surface area contributed by atoms with Gasteiger partial charge in [-0.15, -0.1) is 0 Å². The van der Waals surface area contributed by atoms with Gasteiger partial charge in [0.2, 0.25) is 10.9 Å². The second-order valence-corrected chi connectivity index (χ2v) is 27.2. The van der Waals surface area contributed by atoms with E-state index >= 15 is 0 Å². The number of benzene rings is 6. The van der Waals surface area contributed by atoms with E-state index in [9.17, 15) is 53.4 Å². The third-order valence-corrected chi connectivity index (χ3v) is 19.7. The first-order chi connectivity index (χ1) is 48.9. The van der Waals surface area contributed by atoms with E-state index < -0.39 is 55.8 Å². The molecule has 6 heterocycles. The van der Waals surface area contributed by atoms with E-state index in [-0.39, 0.29) is 103 Å². The van der Waals surface area contributed by atoms with Crippen molar-refractivity contribution in [2.45, 2.75) is 77.0 Å². The van der Waals surface area contributed by atoms with Crippen molar-refractivity contribution in [3.8, 4) is 45.7 Å². The van der Waals surface area contributed by atoms with Crippen LogP contribution >= 0.6 is 0 Å². The van der Waals surface area contributed by atoms with Crippen molar-refractivity contribution in [3.63, 3.8) is 0 Å². The van der Waals surface area contributed by atoms with E-state index in [1.54, 1.807) is 49.4 Å². The summed E-state index contributed by atoms with van der Waals surface area (Å²) in [5, 5.41) is 23.8. The SMILES string of the molecule is C1CCCC1.CN(C)c1ccc2nc(-c3c(O)c4cc5c(=O)oc(=O)c5cc4c3=O)[nH]c(=O)c2c1.CN1CCN(CCCOc2ccc(C3CCCC3)c(-n3c(=O)c4cc5c(O)c(-c6nc7ccc(N(C)C)cc7c(=O)[nH]6)c(=O)c5cc4c3=O)c2)CC1.Cc1nc2ccc(N(C)C)cc2c(=O)[nH]1.[B-].[Fe]. The summed E-state index contributed by atoms with van der Waals surface area (Å²) >= 11 is 0. The molecule has 27 heteroatoms. The Hall–Kier alpha value is -10.9. The number of nitrogens with zero attached hydrogens (tertiary/aromatic N) is 9. The van der Waals surface area contributed by atoms with Crippen LogP contribution in [0, 0.1) is 6.92 Å². The quantitative estimate of drug-likeness (QED) is 0.0568. The van der Waals surface area contributed by atoms with Gasteiger partial charge in [0, 0.05) is 137 Å². The average molecular weight is 1450 g/mol. The summed E-state index contributed by atoms with van der Waals surface area (Å²) in [5.74, 6) is 0.407. The van der Waals surface area contributed by atoms with Crippen molar-refractivity contribution in [1.82, 2.24) is 44.3 Å². The van der Waals surface area contributed by atoms with Gasteiger partial charge in [0.1, 0.15) is 45.8 Å². The van der Waals surface area contributed by atoms with Gasteiger partial charge in [-0.2, -0.15) is 0 Å². The number of hydrogen-bond acceptors (Lipinski definition) is 21. The minimum Gasteiger partial charge on any atom is -1.00 e. The predicted molar refractivity (Wildman–Crippen MR) is 407 cm³/mol. The number of aromatic hydroxyl groups is 2. The van der Waals surface area contributed by atoms with Crippen LogP contribution in [0.1, 0.15) is 81.5 Å². The van der Waals surface area contributed by atoms with E-state index in [4.69, 9.17) is 4.74 Å². The zero-order chi connectivity index (χ0) is 72.1. The summed E-state index contributed by atoms with van der Waals surface area (Å²) in [5.41, 5.74) is 0.0905. The number of aryl methyl sites for hydroxylation is 1. The first-order valence-corrected chi connectivity index (χ1v) is 34.2. The van der Waals surface area contributed by atoms with E-state index in [0.29, 0.717) is 51.1 Å². The van der Waals surface area contributed by atoms with Crippen molar-refractivity contribution in [3.05, 3.63) is 202 Å². The molecule has 3 fully saturated rings. The third kappa shape index (κ3) is 14.5. The Morgan fingerprint density at radius 1 is 0.500 bits per heavy atom. The van der Waals surface area contributed by atoms with Crippen molar-refractivity contribution in [2.24, 2.45) is 0 Å². The Kier molecular flexibility index (Phi) is 21.9. The zero-order valence-corrected chi connectivity index (χ0v) is 60.1. The molecule has 5 aromatic heterocycles. The van der Waals surface area contributed by atoms with Gasteiger partial charge >= 0.3 is 11.3 Å². The summed E-state index contributed by atoms with van der Waals surface area (Å²) in [6, 6.07) is 26.9. The summed E-state index contributed by atoms with van der Waals surface area (Å²) < 4.78 is 11.9. The van der Waals surface area contributed by atoms with Crippen LogP contribution in [0.2, 0.25) is 0 Å². The van der Waals surface area contributed by atoms with E-state index in [0.717, 1.165) is 93.0 Å². The first-order valence-electron chi connectivity index (χ1n) is 34.2. The number of aromatic nitrogens is 7. The fourth-order valence-corrected chi connectivity index (χ4v) is 14.0. The second kappa shape index (κ2) is 30.6. The van der Waals surface area contributed by atoms with Crippen LogP contribution in [0.4, 0.5) is 17.1 Å². The van der Waals surface area contributed by atoms with Gasteiger partial charge in [0.15, 0.2) is 0 Å². The topological polar surface area (TPSA) is 324 Å². The summed E-state index contributed by atoms with van der Waals surface area (Å²) in [7, 11) is 13.4. The molecule has 0 unspecified atom stereocenters. The molecule has 0 amide bonds. The average Bonchev–Trinajstić information content (AvgIpc) is 1.49. The Bertz CT molecular complexity index is 5960. The number of anilines is 3. The number of H-pyrrole nitrogens is 3. The van der Waals surface area contributed by atoms with Crippen LogP contribution in [0.3, 0.4) is 0 Å². The molecule has 104 heavy (non-hydrogen) atoms. The Morgan fingerprint density at radius 2 is 0.923 bits per heavy atom. The van der Waals surface area contributed by atoms with Crippen molar-refractivity contribution in [1.29, 1.82) is 0 Å². The van der Waals surface area contributed by atoms with Crippen molar-refractivity contribution >= 4 is 101 Å². The molecule has 1 saturated heterocycles. The minimum atomic E-state index is -0.854. The van der Waals surface area contributed by atoms with E-state index in [1.807, 2.05) is 87.3 Å². The number of furan rings is 1. The molecular weight excluding hydrogens is 1370 g/mol. The Morgan fingerprint density at radius 3 is 1.38 bits per heavy atom. The van der Waals surface area contributed by atoms with Crippen LogP contribution in [0.15, 0.2) is 145 Å². The van der Waals surface area contributed by atoms with Gasteiger partial charge in [-0.3, -0.25) is 33.6 Å². The fraction of sp³-hybridized carbons (Fsp3) is 0.325. The van der Waals surface area contributed by atoms with Crippen LogP contribution in [-0.4, -0.2) is 152 Å². The fourth-order valence-electron chi connectivity index (χ4n) is 14.0. The molecule has 1 aliphatic heterocycles. The van der Waals surface area contributed by atoms with Crippen LogP contribution in [0.5, 0.6) is 17.2 Å². The first kappa shape index (κ1) is 74.3. The van der Waals surface area contributed by atoms with Gasteiger partial charge in [-0.25, -0.2) is 29.1 Å². The van der Waals surface area contributed by atoms with Gasteiger partial charge in [0.25, 0.3) is 27.8 Å². The molecule has 8 aromatic carbocycles. The molecule has 2 saturated carbocycles. The maximum Gasteiger partial charge on any atom is 0.346 e. The van der Waals surface area contributed by atoms with Crippen molar-refractivity contribution < 1.29 is 36.4 Å². The number of nitrogens with one attached hydrogen (secondary N) is 3. The summed E-state index contributed by atoms with van der Waals surface area (Å²) in [4.78, 5) is 147. The normalized spacial score (nSPS) is 14.1. The van der Waals surface area contributed by atoms with Crippen LogP contribution in [-0.2, 0) is 17.1 Å². The largest absolute Gasteiger partial charge is 1.00 e. The number of ether oxygens (including phenoxy) is 1. The second-order valence-electron chi connectivity index (χ2n) is 27.2. The molecule has 0 bridgehead atoms. The molecule has 0 spiro atoms. The van der Waals surface area contributed by atoms with Gasteiger partial charge in [-0.1, -0.05) is 51.0 Å². The number of rotatable bonds is 12. The molecule has 3 aliphatic rings. The molecule has 13 aromatic rings. The molecule has 5 N–H and O–H groups in total. The number of aromatic amines is 3. The number of hydrogen-bond donors (Lipinski definition) is 5. The molecule has 4 radical (unpaired) electrons. The number of likely N-dealkylation sites (N-methyl/N-ethyl adjacent to an activating group) is 1.